The molecule has 2 aromatic rings. The first-order chi connectivity index (χ1) is 12.2. The Bertz CT molecular complexity index is 933. The van der Waals surface area contributed by atoms with Crippen molar-refractivity contribution in [3.63, 3.8) is 0 Å². The summed E-state index contributed by atoms with van der Waals surface area (Å²) in [4.78, 5) is 2.68. The van der Waals surface area contributed by atoms with E-state index in [4.69, 9.17) is 0 Å². The van der Waals surface area contributed by atoms with Crippen LogP contribution in [-0.4, -0.2) is 38.9 Å². The number of halogens is 1. The number of anilines is 1. The molecule has 140 valence electrons. The molecule has 0 saturated carbocycles. The molecule has 0 amide bonds. The molecule has 0 radical (unpaired) electrons. The van der Waals surface area contributed by atoms with E-state index in [0.717, 1.165) is 15.6 Å². The Morgan fingerprint density at radius 1 is 0.808 bits per heavy atom. The lowest BCUT2D eigenvalue weighted by atomic mass is 10.1. The van der Waals surface area contributed by atoms with Crippen LogP contribution in [0.15, 0.2) is 39.7 Å². The molecule has 1 saturated heterocycles. The fourth-order valence-electron chi connectivity index (χ4n) is 3.28. The zero-order chi connectivity index (χ0) is 19.1. The van der Waals surface area contributed by atoms with E-state index in [-0.39, 0.29) is 0 Å². The fraction of sp³-hybridized carbons (Fsp3) is 0.400. The maximum absolute atomic E-state index is 13.1. The summed E-state index contributed by atoms with van der Waals surface area (Å²) in [7, 11) is -3.47. The Hall–Kier alpha value is -1.37. The van der Waals surface area contributed by atoms with Gasteiger partial charge in [0.25, 0.3) is 0 Å². The highest BCUT2D eigenvalue weighted by atomic mass is 79.9. The van der Waals surface area contributed by atoms with Crippen molar-refractivity contribution in [3.8, 4) is 0 Å². The predicted molar refractivity (Wildman–Crippen MR) is 111 cm³/mol. The van der Waals surface area contributed by atoms with E-state index in [1.165, 1.54) is 16.8 Å². The maximum Gasteiger partial charge on any atom is 0.243 e. The van der Waals surface area contributed by atoms with E-state index in [1.54, 1.807) is 10.4 Å². The van der Waals surface area contributed by atoms with Crippen LogP contribution in [0.2, 0.25) is 0 Å². The molecule has 0 aliphatic carbocycles. The van der Waals surface area contributed by atoms with Gasteiger partial charge < -0.3 is 4.90 Å². The summed E-state index contributed by atoms with van der Waals surface area (Å²) in [5.74, 6) is 0. The van der Waals surface area contributed by atoms with Crippen molar-refractivity contribution in [1.82, 2.24) is 4.31 Å². The van der Waals surface area contributed by atoms with Gasteiger partial charge in [-0.1, -0.05) is 22.0 Å². The molecule has 2 aromatic carbocycles. The third-order valence-corrected chi connectivity index (χ3v) is 8.06. The fourth-order valence-corrected chi connectivity index (χ4v) is 5.45. The average Bonchev–Trinajstić information content (AvgIpc) is 2.60. The first-order valence-electron chi connectivity index (χ1n) is 8.79. The highest BCUT2D eigenvalue weighted by Crippen LogP contribution is 2.28. The van der Waals surface area contributed by atoms with Crippen molar-refractivity contribution in [2.24, 2.45) is 0 Å². The van der Waals surface area contributed by atoms with Crippen LogP contribution in [0.3, 0.4) is 0 Å². The second-order valence-electron chi connectivity index (χ2n) is 7.03. The number of benzene rings is 2. The maximum atomic E-state index is 13.1. The van der Waals surface area contributed by atoms with Gasteiger partial charge in [-0.3, -0.25) is 0 Å². The topological polar surface area (TPSA) is 40.6 Å². The Morgan fingerprint density at radius 2 is 1.46 bits per heavy atom. The van der Waals surface area contributed by atoms with Crippen LogP contribution in [0.25, 0.3) is 0 Å². The van der Waals surface area contributed by atoms with E-state index in [2.05, 4.69) is 52.9 Å². The van der Waals surface area contributed by atoms with Crippen LogP contribution in [0.4, 0.5) is 5.69 Å². The molecular formula is C20H25BrN2O2S. The molecule has 0 bridgehead atoms. The molecule has 0 spiro atoms. The molecule has 1 fully saturated rings. The van der Waals surface area contributed by atoms with Crippen molar-refractivity contribution in [3.05, 3.63) is 57.1 Å². The quantitative estimate of drug-likeness (QED) is 0.723. The van der Waals surface area contributed by atoms with Crippen LogP contribution in [0.1, 0.15) is 22.3 Å². The first-order valence-corrected chi connectivity index (χ1v) is 11.0. The summed E-state index contributed by atoms with van der Waals surface area (Å²) < 4.78 is 28.8. The van der Waals surface area contributed by atoms with Crippen molar-refractivity contribution < 1.29 is 8.42 Å². The number of nitrogens with zero attached hydrogens (tertiary/aromatic N) is 2. The van der Waals surface area contributed by atoms with Crippen molar-refractivity contribution in [2.45, 2.75) is 32.6 Å². The molecule has 1 aliphatic rings. The molecule has 4 nitrogen and oxygen atoms in total. The molecule has 0 unspecified atom stereocenters. The highest BCUT2D eigenvalue weighted by molar-refractivity contribution is 9.10. The van der Waals surface area contributed by atoms with Gasteiger partial charge in [-0.05, 0) is 74.2 Å². The molecule has 1 heterocycles. The van der Waals surface area contributed by atoms with Gasteiger partial charge in [0.05, 0.1) is 4.90 Å². The van der Waals surface area contributed by atoms with Gasteiger partial charge in [0, 0.05) is 36.3 Å². The minimum Gasteiger partial charge on any atom is -0.369 e. The summed E-state index contributed by atoms with van der Waals surface area (Å²) in [5, 5.41) is 0. The molecule has 0 aromatic heterocycles. The summed E-state index contributed by atoms with van der Waals surface area (Å²) in [5.41, 5.74) is 5.41. The number of hydrogen-bond acceptors (Lipinski definition) is 3. The van der Waals surface area contributed by atoms with E-state index in [9.17, 15) is 8.42 Å². The lowest BCUT2D eigenvalue weighted by Crippen LogP contribution is -2.48. The normalized spacial score (nSPS) is 16.1. The summed E-state index contributed by atoms with van der Waals surface area (Å²) >= 11 is 3.47. The molecule has 0 N–H and O–H groups in total. The molecule has 0 atom stereocenters. The minimum atomic E-state index is -3.47. The number of aryl methyl sites for hydroxylation is 4. The van der Waals surface area contributed by atoms with Gasteiger partial charge in [0.15, 0.2) is 0 Å². The number of hydrogen-bond donors (Lipinski definition) is 0. The zero-order valence-corrected chi connectivity index (χ0v) is 18.1. The van der Waals surface area contributed by atoms with Crippen molar-refractivity contribution >= 4 is 31.6 Å². The van der Waals surface area contributed by atoms with Crippen LogP contribution >= 0.6 is 15.9 Å². The molecule has 3 rings (SSSR count). The molecule has 1 aliphatic heterocycles. The van der Waals surface area contributed by atoms with E-state index >= 15 is 0 Å². The minimum absolute atomic E-state index is 0.415. The van der Waals surface area contributed by atoms with Gasteiger partial charge in [0.1, 0.15) is 0 Å². The van der Waals surface area contributed by atoms with E-state index in [1.807, 2.05) is 19.9 Å². The second kappa shape index (κ2) is 7.33. The second-order valence-corrected chi connectivity index (χ2v) is 9.79. The lowest BCUT2D eigenvalue weighted by molar-refractivity contribution is 0.384. The number of sulfonamides is 1. The van der Waals surface area contributed by atoms with Crippen LogP contribution < -0.4 is 4.90 Å². The third kappa shape index (κ3) is 3.68. The first kappa shape index (κ1) is 19.4. The Labute approximate surface area is 165 Å². The Kier molecular flexibility index (Phi) is 5.47. The monoisotopic (exact) mass is 436 g/mol. The van der Waals surface area contributed by atoms with Gasteiger partial charge in [-0.15, -0.1) is 0 Å². The Morgan fingerprint density at radius 3 is 2.08 bits per heavy atom. The van der Waals surface area contributed by atoms with E-state index in [0.29, 0.717) is 31.1 Å². The van der Waals surface area contributed by atoms with Gasteiger partial charge in [-0.2, -0.15) is 4.31 Å². The average molecular weight is 437 g/mol. The van der Waals surface area contributed by atoms with Crippen LogP contribution in [0.5, 0.6) is 0 Å². The van der Waals surface area contributed by atoms with Crippen molar-refractivity contribution in [1.29, 1.82) is 0 Å². The molecular weight excluding hydrogens is 412 g/mol. The van der Waals surface area contributed by atoms with Crippen molar-refractivity contribution in [2.75, 3.05) is 31.1 Å². The lowest BCUT2D eigenvalue weighted by Gasteiger charge is -2.36. The summed E-state index contributed by atoms with van der Waals surface area (Å²) in [6.45, 7) is 10.4. The molecule has 26 heavy (non-hydrogen) atoms. The zero-order valence-electron chi connectivity index (χ0n) is 15.7. The summed E-state index contributed by atoms with van der Waals surface area (Å²) in [6.07, 6.45) is 0. The van der Waals surface area contributed by atoms with Crippen LogP contribution in [-0.2, 0) is 10.0 Å². The SMILES string of the molecule is Cc1ccc(N2CCN(S(=O)(=O)c3cc(C)c(Br)cc3C)CC2)cc1C. The Balaban J connectivity index is 1.78. The number of piperazine rings is 1. The van der Waals surface area contributed by atoms with Gasteiger partial charge in [0.2, 0.25) is 10.0 Å². The smallest absolute Gasteiger partial charge is 0.243 e. The standard InChI is InChI=1S/C20H25BrN2O2S/c1-14-5-6-18(11-15(14)2)22-7-9-23(10-8-22)26(24,25)20-13-16(3)19(21)12-17(20)4/h5-6,11-13H,7-10H2,1-4H3. The van der Waals surface area contributed by atoms with Gasteiger partial charge >= 0.3 is 0 Å². The summed E-state index contributed by atoms with van der Waals surface area (Å²) in [6, 6.07) is 10.1. The molecule has 6 heteroatoms. The van der Waals surface area contributed by atoms with Gasteiger partial charge in [-0.25, -0.2) is 8.42 Å². The number of rotatable bonds is 3. The van der Waals surface area contributed by atoms with Crippen LogP contribution in [0, 0.1) is 27.7 Å². The highest BCUT2D eigenvalue weighted by Gasteiger charge is 2.30. The largest absolute Gasteiger partial charge is 0.369 e. The third-order valence-electron chi connectivity index (χ3n) is 5.17. The predicted octanol–water partition coefficient (Wildman–Crippen LogP) is 4.19. The van der Waals surface area contributed by atoms with E-state index < -0.39 is 10.0 Å².